The Hall–Kier alpha value is -2.69. The highest BCUT2D eigenvalue weighted by atomic mass is 35.5. The molecule has 11 heteroatoms. The third kappa shape index (κ3) is 6.96. The number of fused-ring (bicyclic) bond motifs is 2. The van der Waals surface area contributed by atoms with Gasteiger partial charge in [0.25, 0.3) is 5.91 Å². The van der Waals surface area contributed by atoms with Gasteiger partial charge in [-0.25, -0.2) is 12.8 Å². The highest BCUT2D eigenvalue weighted by Gasteiger charge is 2.40. The Bertz CT molecular complexity index is 1210. The molecular formula is C25H29ClFN3O5S. The Kier molecular flexibility index (Phi) is 8.17. The van der Waals surface area contributed by atoms with Crippen LogP contribution in [0, 0.1) is 5.82 Å². The average Bonchev–Trinajstić information content (AvgIpc) is 2.78. The number of carbonyl (C=O) groups excluding carboxylic acids is 2. The molecule has 4 rings (SSSR count). The van der Waals surface area contributed by atoms with E-state index in [1.54, 1.807) is 24.3 Å². The Morgan fingerprint density at radius 2 is 1.78 bits per heavy atom. The first kappa shape index (κ1) is 26.4. The molecule has 2 aromatic carbocycles. The van der Waals surface area contributed by atoms with Crippen LogP contribution in [0.1, 0.15) is 30.4 Å². The number of hydrogen-bond donors (Lipinski definition) is 1. The van der Waals surface area contributed by atoms with Crippen LogP contribution < -0.4 is 9.46 Å². The molecule has 2 fully saturated rings. The van der Waals surface area contributed by atoms with E-state index in [2.05, 4.69) is 4.90 Å². The molecule has 0 aromatic heterocycles. The molecule has 2 atom stereocenters. The van der Waals surface area contributed by atoms with Gasteiger partial charge >= 0.3 is 0 Å². The monoisotopic (exact) mass is 537 g/mol. The maximum atomic E-state index is 13.2. The molecule has 0 aliphatic carbocycles. The number of nitrogens with zero attached hydrogens (tertiary/aromatic N) is 2. The molecule has 0 radical (unpaired) electrons. The van der Waals surface area contributed by atoms with Crippen molar-refractivity contribution in [3.8, 4) is 5.75 Å². The zero-order valence-electron chi connectivity index (χ0n) is 20.0. The van der Waals surface area contributed by atoms with Crippen molar-refractivity contribution in [3.05, 3.63) is 64.4 Å². The van der Waals surface area contributed by atoms with E-state index >= 15 is 0 Å². The van der Waals surface area contributed by atoms with Crippen LogP contribution in [-0.2, 0) is 32.6 Å². The van der Waals surface area contributed by atoms with Crippen LogP contribution in [0.5, 0.6) is 5.75 Å². The molecule has 2 saturated heterocycles. The van der Waals surface area contributed by atoms with Gasteiger partial charge in [0.05, 0.1) is 12.7 Å². The fraction of sp³-hybridized carbons (Fsp3) is 0.440. The maximum absolute atomic E-state index is 13.2. The topological polar surface area (TPSA) is 96.0 Å². The Labute approximate surface area is 215 Å². The van der Waals surface area contributed by atoms with Crippen molar-refractivity contribution in [1.29, 1.82) is 0 Å². The van der Waals surface area contributed by atoms with Crippen LogP contribution >= 0.6 is 11.6 Å². The van der Waals surface area contributed by atoms with Crippen molar-refractivity contribution in [2.24, 2.45) is 0 Å². The first-order valence-electron chi connectivity index (χ1n) is 11.8. The third-order valence-corrected chi connectivity index (χ3v) is 7.26. The van der Waals surface area contributed by atoms with Crippen LogP contribution in [0.15, 0.2) is 42.5 Å². The Morgan fingerprint density at radius 1 is 1.11 bits per heavy atom. The van der Waals surface area contributed by atoms with Crippen LogP contribution in [0.2, 0.25) is 5.02 Å². The van der Waals surface area contributed by atoms with Crippen LogP contribution in [0.3, 0.4) is 0 Å². The van der Waals surface area contributed by atoms with Crippen molar-refractivity contribution in [2.75, 3.05) is 26.0 Å². The van der Waals surface area contributed by atoms with Crippen molar-refractivity contribution in [3.63, 3.8) is 0 Å². The van der Waals surface area contributed by atoms with Crippen molar-refractivity contribution >= 4 is 33.4 Å². The number of hydrogen-bond acceptors (Lipinski definition) is 6. The van der Waals surface area contributed by atoms with E-state index in [1.165, 1.54) is 18.2 Å². The zero-order valence-corrected chi connectivity index (χ0v) is 21.5. The molecule has 2 amide bonds. The number of carbonyl (C=O) groups is 2. The summed E-state index contributed by atoms with van der Waals surface area (Å²) >= 11 is 6.06. The van der Waals surface area contributed by atoms with E-state index in [1.807, 2.05) is 9.62 Å². The van der Waals surface area contributed by atoms with Gasteiger partial charge in [-0.15, -0.1) is 0 Å². The predicted octanol–water partition coefficient (Wildman–Crippen LogP) is 2.74. The number of amides is 2. The summed E-state index contributed by atoms with van der Waals surface area (Å²) in [7, 11) is -3.70. The first-order chi connectivity index (χ1) is 17.1. The van der Waals surface area contributed by atoms with Gasteiger partial charge in [0.15, 0.2) is 6.61 Å². The van der Waals surface area contributed by atoms with Gasteiger partial charge in [-0.05, 0) is 55.2 Å². The van der Waals surface area contributed by atoms with Crippen LogP contribution in [0.4, 0.5) is 4.39 Å². The number of likely N-dealkylation sites (tertiary alicyclic amines) is 1. The standard InChI is InChI=1S/C25H29ClFN3O5S/c1-36(33,34)28-24(31)12-18-11-19(26)7-10-23(18)35-16-25(32)30-21-3-2-4-22(30)15-29(14-21)13-17-5-8-20(27)9-6-17/h5-11,21-22H,2-4,12-16H2,1H3,(H,28,31). The van der Waals surface area contributed by atoms with Gasteiger partial charge in [0.2, 0.25) is 15.9 Å². The van der Waals surface area contributed by atoms with E-state index in [0.717, 1.165) is 44.2 Å². The lowest BCUT2D eigenvalue weighted by Gasteiger charge is -2.50. The van der Waals surface area contributed by atoms with Crippen molar-refractivity contribution in [1.82, 2.24) is 14.5 Å². The summed E-state index contributed by atoms with van der Waals surface area (Å²) in [6.45, 7) is 1.97. The summed E-state index contributed by atoms with van der Waals surface area (Å²) in [4.78, 5) is 29.6. The number of nitrogens with one attached hydrogen (secondary N) is 1. The quantitative estimate of drug-likeness (QED) is 0.556. The molecule has 2 aliphatic rings. The first-order valence-corrected chi connectivity index (χ1v) is 14.0. The van der Waals surface area contributed by atoms with Crippen LogP contribution in [0.25, 0.3) is 0 Å². The molecule has 8 nitrogen and oxygen atoms in total. The molecule has 2 aliphatic heterocycles. The number of benzene rings is 2. The summed E-state index contributed by atoms with van der Waals surface area (Å²) in [6, 6.07) is 11.3. The molecular weight excluding hydrogens is 509 g/mol. The molecule has 1 N–H and O–H groups in total. The van der Waals surface area contributed by atoms with Gasteiger partial charge in [-0.1, -0.05) is 23.7 Å². The summed E-state index contributed by atoms with van der Waals surface area (Å²) in [6.07, 6.45) is 3.50. The minimum atomic E-state index is -3.70. The maximum Gasteiger partial charge on any atom is 0.261 e. The lowest BCUT2D eigenvalue weighted by Crippen LogP contribution is -2.63. The number of halogens is 2. The van der Waals surface area contributed by atoms with E-state index in [0.29, 0.717) is 22.9 Å². The fourth-order valence-corrected chi connectivity index (χ4v) is 5.72. The molecule has 194 valence electrons. The second kappa shape index (κ2) is 11.1. The normalized spacial score (nSPS) is 20.1. The number of piperazine rings is 1. The fourth-order valence-electron chi connectivity index (χ4n) is 5.04. The third-order valence-electron chi connectivity index (χ3n) is 6.43. The summed E-state index contributed by atoms with van der Waals surface area (Å²) in [5.41, 5.74) is 1.42. The second-order valence-corrected chi connectivity index (χ2v) is 11.6. The highest BCUT2D eigenvalue weighted by Crippen LogP contribution is 2.30. The van der Waals surface area contributed by atoms with E-state index in [9.17, 15) is 22.4 Å². The Morgan fingerprint density at radius 3 is 2.42 bits per heavy atom. The number of sulfonamides is 1. The largest absolute Gasteiger partial charge is 0.483 e. The Balaban J connectivity index is 1.39. The molecule has 2 unspecified atom stereocenters. The lowest BCUT2D eigenvalue weighted by atomic mass is 9.91. The number of rotatable bonds is 8. The number of piperidine rings is 1. The van der Waals surface area contributed by atoms with E-state index < -0.39 is 15.9 Å². The van der Waals surface area contributed by atoms with E-state index in [-0.39, 0.29) is 36.8 Å². The smallest absolute Gasteiger partial charge is 0.261 e. The van der Waals surface area contributed by atoms with Gasteiger partial charge < -0.3 is 9.64 Å². The van der Waals surface area contributed by atoms with Gasteiger partial charge in [-0.2, -0.15) is 0 Å². The zero-order chi connectivity index (χ0) is 25.9. The molecule has 2 bridgehead atoms. The van der Waals surface area contributed by atoms with Gasteiger partial charge in [-0.3, -0.25) is 19.2 Å². The van der Waals surface area contributed by atoms with E-state index in [4.69, 9.17) is 16.3 Å². The highest BCUT2D eigenvalue weighted by molar-refractivity contribution is 7.89. The summed E-state index contributed by atoms with van der Waals surface area (Å²) in [5.74, 6) is -0.808. The lowest BCUT2D eigenvalue weighted by molar-refractivity contribution is -0.145. The minimum Gasteiger partial charge on any atom is -0.483 e. The molecule has 0 spiro atoms. The molecule has 36 heavy (non-hydrogen) atoms. The number of ether oxygens (including phenoxy) is 1. The molecule has 2 aromatic rings. The summed E-state index contributed by atoms with van der Waals surface area (Å²) < 4.78 is 43.7. The average molecular weight is 538 g/mol. The van der Waals surface area contributed by atoms with Gasteiger partial charge in [0.1, 0.15) is 11.6 Å². The summed E-state index contributed by atoms with van der Waals surface area (Å²) in [5, 5.41) is 0.364. The van der Waals surface area contributed by atoms with Crippen molar-refractivity contribution < 1.29 is 27.1 Å². The molecule has 0 saturated carbocycles. The molecule has 2 heterocycles. The SMILES string of the molecule is CS(=O)(=O)NC(=O)Cc1cc(Cl)ccc1OCC(=O)N1C2CCCC1CN(Cc1ccc(F)cc1)C2. The second-order valence-electron chi connectivity index (χ2n) is 9.38. The van der Waals surface area contributed by atoms with Gasteiger partial charge in [0, 0.05) is 42.3 Å². The van der Waals surface area contributed by atoms with Crippen molar-refractivity contribution in [2.45, 2.75) is 44.3 Å². The van der Waals surface area contributed by atoms with Crippen LogP contribution in [-0.4, -0.2) is 68.1 Å². The minimum absolute atomic E-state index is 0.0688. The predicted molar refractivity (Wildman–Crippen MR) is 134 cm³/mol.